The van der Waals surface area contributed by atoms with Crippen molar-refractivity contribution in [3.8, 4) is 0 Å². The van der Waals surface area contributed by atoms with Gasteiger partial charge in [-0.15, -0.1) is 0 Å². The topological polar surface area (TPSA) is 61.4 Å². The highest BCUT2D eigenvalue weighted by atomic mass is 19.1. The summed E-state index contributed by atoms with van der Waals surface area (Å²) in [5.74, 6) is -0.675. The first kappa shape index (κ1) is 17.9. The number of halogens is 1. The van der Waals surface area contributed by atoms with Crippen LogP contribution >= 0.6 is 0 Å². The van der Waals surface area contributed by atoms with Crippen LogP contribution in [-0.2, 0) is 4.79 Å². The number of aryl methyl sites for hydroxylation is 1. The number of likely N-dealkylation sites (tertiary alicyclic amines) is 1. The van der Waals surface area contributed by atoms with Gasteiger partial charge in [0.05, 0.1) is 5.92 Å². The van der Waals surface area contributed by atoms with Crippen molar-refractivity contribution in [1.82, 2.24) is 4.90 Å². The molecule has 3 rings (SSSR count). The minimum Gasteiger partial charge on any atom is -0.326 e. The Morgan fingerprint density at radius 1 is 1.00 bits per heavy atom. The number of hydrogen-bond donors (Lipinski definition) is 2. The van der Waals surface area contributed by atoms with Crippen molar-refractivity contribution in [2.75, 3.05) is 23.7 Å². The van der Waals surface area contributed by atoms with Gasteiger partial charge in [-0.25, -0.2) is 9.18 Å². The molecule has 1 aliphatic rings. The maximum Gasteiger partial charge on any atom is 0.321 e. The predicted octanol–water partition coefficient (Wildman–Crippen LogP) is 4.02. The Morgan fingerprint density at radius 2 is 1.62 bits per heavy atom. The van der Waals surface area contributed by atoms with E-state index in [4.69, 9.17) is 0 Å². The highest BCUT2D eigenvalue weighted by Gasteiger charge is 2.28. The first-order valence-electron chi connectivity index (χ1n) is 8.70. The largest absolute Gasteiger partial charge is 0.326 e. The van der Waals surface area contributed by atoms with Gasteiger partial charge in [-0.3, -0.25) is 4.79 Å². The van der Waals surface area contributed by atoms with Crippen molar-refractivity contribution in [1.29, 1.82) is 0 Å². The van der Waals surface area contributed by atoms with Crippen molar-refractivity contribution < 1.29 is 14.0 Å². The standard InChI is InChI=1S/C20H22FN3O2/c1-14-4-8-17(9-5-14)22-19(25)15-3-2-12-24(13-15)20(26)23-18-10-6-16(21)7-11-18/h4-11,15H,2-3,12-13H2,1H3,(H,22,25)(H,23,26). The van der Waals surface area contributed by atoms with Crippen LogP contribution in [0.2, 0.25) is 0 Å². The van der Waals surface area contributed by atoms with E-state index in [2.05, 4.69) is 10.6 Å². The highest BCUT2D eigenvalue weighted by molar-refractivity contribution is 5.94. The Morgan fingerprint density at radius 3 is 2.31 bits per heavy atom. The number of urea groups is 1. The second-order valence-corrected chi connectivity index (χ2v) is 6.58. The third-order valence-corrected chi connectivity index (χ3v) is 4.49. The van der Waals surface area contributed by atoms with E-state index in [0.29, 0.717) is 18.8 Å². The Kier molecular flexibility index (Phi) is 5.51. The van der Waals surface area contributed by atoms with Crippen molar-refractivity contribution in [2.45, 2.75) is 19.8 Å². The average molecular weight is 355 g/mol. The van der Waals surface area contributed by atoms with Gasteiger partial charge in [-0.2, -0.15) is 0 Å². The fourth-order valence-corrected chi connectivity index (χ4v) is 2.99. The molecule has 1 aliphatic heterocycles. The molecule has 26 heavy (non-hydrogen) atoms. The summed E-state index contributed by atoms with van der Waals surface area (Å²) < 4.78 is 13.0. The molecule has 1 heterocycles. The maximum atomic E-state index is 13.0. The second-order valence-electron chi connectivity index (χ2n) is 6.58. The Bertz CT molecular complexity index is 709. The normalized spacial score (nSPS) is 16.8. The van der Waals surface area contributed by atoms with Gasteiger partial charge in [0.25, 0.3) is 0 Å². The van der Waals surface area contributed by atoms with E-state index in [1.807, 2.05) is 31.2 Å². The maximum absolute atomic E-state index is 13.0. The van der Waals surface area contributed by atoms with E-state index < -0.39 is 0 Å². The molecule has 1 saturated heterocycles. The SMILES string of the molecule is Cc1ccc(NC(=O)C2CCCN(C(=O)Nc3ccc(F)cc3)C2)cc1. The predicted molar refractivity (Wildman–Crippen MR) is 99.5 cm³/mol. The van der Waals surface area contributed by atoms with Gasteiger partial charge in [0.2, 0.25) is 5.91 Å². The van der Waals surface area contributed by atoms with E-state index in [9.17, 15) is 14.0 Å². The number of hydrogen-bond acceptors (Lipinski definition) is 2. The van der Waals surface area contributed by atoms with Gasteiger partial charge < -0.3 is 15.5 Å². The summed E-state index contributed by atoms with van der Waals surface area (Å²) in [6, 6.07) is 13.0. The van der Waals surface area contributed by atoms with Gasteiger partial charge >= 0.3 is 6.03 Å². The molecule has 5 nitrogen and oxygen atoms in total. The van der Waals surface area contributed by atoms with Crippen molar-refractivity contribution >= 4 is 23.3 Å². The first-order chi connectivity index (χ1) is 12.5. The van der Waals surface area contributed by atoms with Crippen LogP contribution in [0.1, 0.15) is 18.4 Å². The van der Waals surface area contributed by atoms with Gasteiger partial charge in [-0.05, 0) is 56.2 Å². The summed E-state index contributed by atoms with van der Waals surface area (Å²) in [5, 5.41) is 5.66. The molecule has 0 spiro atoms. The highest BCUT2D eigenvalue weighted by Crippen LogP contribution is 2.20. The van der Waals surface area contributed by atoms with Gasteiger partial charge in [-0.1, -0.05) is 17.7 Å². The lowest BCUT2D eigenvalue weighted by Gasteiger charge is -2.32. The molecule has 0 bridgehead atoms. The zero-order chi connectivity index (χ0) is 18.5. The van der Waals surface area contributed by atoms with Crippen LogP contribution in [-0.4, -0.2) is 29.9 Å². The summed E-state index contributed by atoms with van der Waals surface area (Å²) in [6.45, 7) is 2.95. The van der Waals surface area contributed by atoms with Gasteiger partial charge in [0, 0.05) is 24.5 Å². The van der Waals surface area contributed by atoms with Crippen LogP contribution in [0.5, 0.6) is 0 Å². The molecular formula is C20H22FN3O2. The molecule has 2 N–H and O–H groups in total. The van der Waals surface area contributed by atoms with Gasteiger partial charge in [0.1, 0.15) is 5.82 Å². The quantitative estimate of drug-likeness (QED) is 0.874. The lowest BCUT2D eigenvalue weighted by molar-refractivity contribution is -0.121. The van der Waals surface area contributed by atoms with Crippen LogP contribution in [0.25, 0.3) is 0 Å². The molecule has 2 aromatic carbocycles. The number of carbonyl (C=O) groups excluding carboxylic acids is 2. The molecule has 0 aromatic heterocycles. The first-order valence-corrected chi connectivity index (χ1v) is 8.70. The van der Waals surface area contributed by atoms with Crippen molar-refractivity contribution in [2.24, 2.45) is 5.92 Å². The molecule has 1 atom stereocenters. The number of piperidine rings is 1. The number of rotatable bonds is 3. The Hall–Kier alpha value is -2.89. The third kappa shape index (κ3) is 4.59. The Balaban J connectivity index is 1.57. The lowest BCUT2D eigenvalue weighted by atomic mass is 9.97. The molecule has 2 aromatic rings. The van der Waals surface area contributed by atoms with Crippen LogP contribution in [0, 0.1) is 18.7 Å². The number of benzene rings is 2. The number of carbonyl (C=O) groups is 2. The van der Waals surface area contributed by atoms with Crippen molar-refractivity contribution in [3.63, 3.8) is 0 Å². The summed E-state index contributed by atoms with van der Waals surface area (Å²) in [5.41, 5.74) is 2.42. The molecule has 0 radical (unpaired) electrons. The molecule has 0 saturated carbocycles. The molecule has 136 valence electrons. The smallest absolute Gasteiger partial charge is 0.321 e. The van der Waals surface area contributed by atoms with E-state index in [1.54, 1.807) is 4.90 Å². The average Bonchev–Trinajstić information content (AvgIpc) is 2.65. The number of nitrogens with zero attached hydrogens (tertiary/aromatic N) is 1. The fraction of sp³-hybridized carbons (Fsp3) is 0.300. The Labute approximate surface area is 152 Å². The summed E-state index contributed by atoms with van der Waals surface area (Å²) in [7, 11) is 0. The van der Waals surface area contributed by atoms with E-state index in [-0.39, 0.29) is 23.7 Å². The zero-order valence-corrected chi connectivity index (χ0v) is 14.7. The number of nitrogens with one attached hydrogen (secondary N) is 2. The summed E-state index contributed by atoms with van der Waals surface area (Å²) in [4.78, 5) is 26.5. The molecule has 3 amide bonds. The zero-order valence-electron chi connectivity index (χ0n) is 14.7. The second kappa shape index (κ2) is 7.99. The molecule has 0 aliphatic carbocycles. The number of amides is 3. The minimum atomic E-state index is -0.353. The third-order valence-electron chi connectivity index (χ3n) is 4.49. The van der Waals surface area contributed by atoms with E-state index in [0.717, 1.165) is 24.1 Å². The monoisotopic (exact) mass is 355 g/mol. The van der Waals surface area contributed by atoms with Crippen LogP contribution in [0.15, 0.2) is 48.5 Å². The summed E-state index contributed by atoms with van der Waals surface area (Å²) in [6.07, 6.45) is 1.51. The fourth-order valence-electron chi connectivity index (χ4n) is 2.99. The van der Waals surface area contributed by atoms with Crippen molar-refractivity contribution in [3.05, 3.63) is 59.9 Å². The van der Waals surface area contributed by atoms with E-state index in [1.165, 1.54) is 24.3 Å². The minimum absolute atomic E-state index is 0.0758. The number of anilines is 2. The molecule has 1 unspecified atom stereocenters. The van der Waals surface area contributed by atoms with E-state index >= 15 is 0 Å². The lowest BCUT2D eigenvalue weighted by Crippen LogP contribution is -2.45. The van der Waals surface area contributed by atoms with Crippen LogP contribution < -0.4 is 10.6 Å². The molecular weight excluding hydrogens is 333 g/mol. The van der Waals surface area contributed by atoms with Crippen LogP contribution in [0.4, 0.5) is 20.6 Å². The summed E-state index contributed by atoms with van der Waals surface area (Å²) >= 11 is 0. The molecule has 6 heteroatoms. The molecule has 1 fully saturated rings. The van der Waals surface area contributed by atoms with Crippen LogP contribution in [0.3, 0.4) is 0 Å². The van der Waals surface area contributed by atoms with Gasteiger partial charge in [0.15, 0.2) is 0 Å².